The molecule has 0 saturated heterocycles. The number of hydrogen-bond donors (Lipinski definition) is 2. The maximum absolute atomic E-state index is 15.1. The fraction of sp³-hybridized carbons (Fsp3) is 0.400. The van der Waals surface area contributed by atoms with Crippen molar-refractivity contribution < 1.29 is 13.5 Å². The van der Waals surface area contributed by atoms with Crippen molar-refractivity contribution in [2.45, 2.75) is 53.1 Å². The van der Waals surface area contributed by atoms with Crippen LogP contribution in [-0.2, 0) is 6.54 Å². The molecule has 2 heterocycles. The molecule has 0 aliphatic heterocycles. The Balaban J connectivity index is 1.86. The molecule has 8 heteroatoms. The third-order valence-corrected chi connectivity index (χ3v) is 5.06. The lowest BCUT2D eigenvalue weighted by Crippen LogP contribution is -2.22. The molecule has 1 aromatic carbocycles. The van der Waals surface area contributed by atoms with E-state index < -0.39 is 17.2 Å². The molecule has 0 atom stereocenters. The smallest absolute Gasteiger partial charge is 0.251 e. The van der Waals surface area contributed by atoms with Gasteiger partial charge in [-0.05, 0) is 30.9 Å². The highest BCUT2D eigenvalue weighted by atomic mass is 19.1. The minimum absolute atomic E-state index is 0.133. The molecule has 3 aromatic rings. The molecule has 33 heavy (non-hydrogen) atoms. The number of nitrogens with zero attached hydrogens (tertiary/aromatic N) is 2. The number of aromatic amines is 1. The van der Waals surface area contributed by atoms with Crippen LogP contribution in [-0.4, -0.2) is 27.6 Å². The maximum Gasteiger partial charge on any atom is 0.251 e. The normalized spacial score (nSPS) is 11.4. The third kappa shape index (κ3) is 6.68. The van der Waals surface area contributed by atoms with Crippen LogP contribution in [0.3, 0.4) is 0 Å². The van der Waals surface area contributed by atoms with Crippen LogP contribution in [0.15, 0.2) is 41.3 Å². The van der Waals surface area contributed by atoms with Crippen LogP contribution in [0.2, 0.25) is 0 Å². The molecular weight excluding hydrogens is 426 g/mol. The molecule has 2 aromatic heterocycles. The predicted molar refractivity (Wildman–Crippen MR) is 125 cm³/mol. The Morgan fingerprint density at radius 3 is 2.58 bits per heavy atom. The fourth-order valence-corrected chi connectivity index (χ4v) is 3.27. The van der Waals surface area contributed by atoms with Crippen molar-refractivity contribution in [3.63, 3.8) is 0 Å². The van der Waals surface area contributed by atoms with Crippen molar-refractivity contribution in [3.05, 3.63) is 64.1 Å². The number of pyridine rings is 1. The average Bonchev–Trinajstić information content (AvgIpc) is 2.76. The summed E-state index contributed by atoms with van der Waals surface area (Å²) in [5.74, 6) is -0.652. The minimum atomic E-state index is -0.802. The lowest BCUT2D eigenvalue weighted by molar-refractivity contribution is 0.287. The summed E-state index contributed by atoms with van der Waals surface area (Å²) in [5, 5.41) is 3.10. The lowest BCUT2D eigenvalue weighted by atomic mass is 10.1. The largest absolute Gasteiger partial charge is 0.478 e. The van der Waals surface area contributed by atoms with E-state index in [4.69, 9.17) is 4.74 Å². The quantitative estimate of drug-likeness (QED) is 0.416. The van der Waals surface area contributed by atoms with Crippen LogP contribution in [0, 0.1) is 17.6 Å². The summed E-state index contributed by atoms with van der Waals surface area (Å²) in [6.45, 7) is 8.97. The number of benzene rings is 1. The van der Waals surface area contributed by atoms with Crippen LogP contribution in [0.5, 0.6) is 5.88 Å². The van der Waals surface area contributed by atoms with Gasteiger partial charge < -0.3 is 15.0 Å². The van der Waals surface area contributed by atoms with Gasteiger partial charge in [0.2, 0.25) is 5.88 Å². The van der Waals surface area contributed by atoms with Gasteiger partial charge in [0.15, 0.2) is 0 Å². The molecule has 0 spiro atoms. The number of halogens is 2. The molecule has 0 aliphatic rings. The van der Waals surface area contributed by atoms with Gasteiger partial charge in [-0.15, -0.1) is 0 Å². The maximum atomic E-state index is 15.1. The van der Waals surface area contributed by atoms with Crippen molar-refractivity contribution in [1.29, 1.82) is 0 Å². The van der Waals surface area contributed by atoms with Crippen LogP contribution < -0.4 is 15.6 Å². The zero-order valence-corrected chi connectivity index (χ0v) is 19.4. The van der Waals surface area contributed by atoms with Crippen LogP contribution in [0.1, 0.15) is 46.1 Å². The molecule has 0 radical (unpaired) electrons. The minimum Gasteiger partial charge on any atom is -0.478 e. The summed E-state index contributed by atoms with van der Waals surface area (Å²) >= 11 is 0. The van der Waals surface area contributed by atoms with E-state index in [0.29, 0.717) is 24.0 Å². The topological polar surface area (TPSA) is 79.9 Å². The zero-order chi connectivity index (χ0) is 24.0. The average molecular weight is 457 g/mol. The number of H-pyrrole nitrogens is 1. The Hall–Kier alpha value is -3.13. The Kier molecular flexibility index (Phi) is 8.27. The molecule has 176 valence electrons. The molecular formula is C25H30F2N4O2. The first-order valence-electron chi connectivity index (χ1n) is 11.2. The SMILES string of the molecule is CC(C)CCCOc1ccc(-c2cc(=O)[nH]c(-c3c(F)ccc(CNC(C)C)c3F)n2)cn1. The van der Waals surface area contributed by atoms with Crippen molar-refractivity contribution in [1.82, 2.24) is 20.3 Å². The summed E-state index contributed by atoms with van der Waals surface area (Å²) in [4.78, 5) is 23.3. The number of aromatic nitrogens is 3. The predicted octanol–water partition coefficient (Wildman–Crippen LogP) is 5.09. The highest BCUT2D eigenvalue weighted by Gasteiger charge is 2.19. The summed E-state index contributed by atoms with van der Waals surface area (Å²) in [6, 6.07) is 7.36. The van der Waals surface area contributed by atoms with Crippen molar-refractivity contribution >= 4 is 0 Å². The van der Waals surface area contributed by atoms with Gasteiger partial charge >= 0.3 is 0 Å². The van der Waals surface area contributed by atoms with Crippen molar-refractivity contribution in [3.8, 4) is 28.5 Å². The molecule has 6 nitrogen and oxygen atoms in total. The van der Waals surface area contributed by atoms with Gasteiger partial charge in [0.25, 0.3) is 5.56 Å². The molecule has 0 saturated carbocycles. The Bertz CT molecular complexity index is 1130. The number of hydrogen-bond acceptors (Lipinski definition) is 5. The van der Waals surface area contributed by atoms with E-state index >= 15 is 4.39 Å². The summed E-state index contributed by atoms with van der Waals surface area (Å²) in [6.07, 6.45) is 3.53. The van der Waals surface area contributed by atoms with E-state index in [-0.39, 0.29) is 35.2 Å². The highest BCUT2D eigenvalue weighted by molar-refractivity contribution is 5.64. The summed E-state index contributed by atoms with van der Waals surface area (Å²) in [5.41, 5.74) is 0.199. The Labute approximate surface area is 192 Å². The Morgan fingerprint density at radius 1 is 1.12 bits per heavy atom. The molecule has 2 N–H and O–H groups in total. The van der Waals surface area contributed by atoms with Gasteiger partial charge in [-0.25, -0.2) is 18.7 Å². The van der Waals surface area contributed by atoms with Crippen LogP contribution in [0.25, 0.3) is 22.6 Å². The van der Waals surface area contributed by atoms with E-state index in [9.17, 15) is 9.18 Å². The van der Waals surface area contributed by atoms with Crippen molar-refractivity contribution in [2.75, 3.05) is 6.61 Å². The van der Waals surface area contributed by atoms with E-state index in [1.165, 1.54) is 24.4 Å². The van der Waals surface area contributed by atoms with Gasteiger partial charge in [-0.3, -0.25) is 4.79 Å². The molecule has 0 unspecified atom stereocenters. The lowest BCUT2D eigenvalue weighted by Gasteiger charge is -2.12. The first-order chi connectivity index (χ1) is 15.7. The first-order valence-corrected chi connectivity index (χ1v) is 11.2. The second-order valence-electron chi connectivity index (χ2n) is 8.68. The second kappa shape index (κ2) is 11.1. The van der Waals surface area contributed by atoms with Gasteiger partial charge in [-0.1, -0.05) is 33.8 Å². The molecule has 3 rings (SSSR count). The fourth-order valence-electron chi connectivity index (χ4n) is 3.27. The standard InChI is InChI=1S/C25H30F2N4O2/c1-15(2)6-5-11-33-22-10-8-17(13-29-22)20-12-21(32)31-25(30-20)23-19(26)9-7-18(24(23)27)14-28-16(3)4/h7-10,12-13,15-16,28H,5-6,11,14H2,1-4H3,(H,30,31,32). The zero-order valence-electron chi connectivity index (χ0n) is 19.4. The third-order valence-electron chi connectivity index (χ3n) is 5.06. The van der Waals surface area contributed by atoms with E-state index in [0.717, 1.165) is 12.8 Å². The van der Waals surface area contributed by atoms with Crippen LogP contribution >= 0.6 is 0 Å². The molecule has 0 aliphatic carbocycles. The molecule has 0 bridgehead atoms. The van der Waals surface area contributed by atoms with Crippen LogP contribution in [0.4, 0.5) is 8.78 Å². The highest BCUT2D eigenvalue weighted by Crippen LogP contribution is 2.27. The number of ether oxygens (including phenoxy) is 1. The van der Waals surface area contributed by atoms with Gasteiger partial charge in [0, 0.05) is 42.0 Å². The second-order valence-corrected chi connectivity index (χ2v) is 8.68. The van der Waals surface area contributed by atoms with E-state index in [1.54, 1.807) is 12.1 Å². The summed E-state index contributed by atoms with van der Waals surface area (Å²) in [7, 11) is 0. The molecule has 0 fully saturated rings. The van der Waals surface area contributed by atoms with E-state index in [1.807, 2.05) is 13.8 Å². The van der Waals surface area contributed by atoms with Gasteiger partial charge in [0.1, 0.15) is 17.5 Å². The summed E-state index contributed by atoms with van der Waals surface area (Å²) < 4.78 is 35.3. The monoisotopic (exact) mass is 456 g/mol. The van der Waals surface area contributed by atoms with E-state index in [2.05, 4.69) is 34.1 Å². The van der Waals surface area contributed by atoms with Crippen molar-refractivity contribution in [2.24, 2.45) is 5.92 Å². The first kappa shape index (κ1) is 24.5. The van der Waals surface area contributed by atoms with Gasteiger partial charge in [-0.2, -0.15) is 0 Å². The van der Waals surface area contributed by atoms with Gasteiger partial charge in [0.05, 0.1) is 17.9 Å². The number of nitrogens with one attached hydrogen (secondary N) is 2. The Morgan fingerprint density at radius 2 is 1.91 bits per heavy atom. The molecule has 0 amide bonds. The number of rotatable bonds is 10.